The Balaban J connectivity index is 2.25. The van der Waals surface area contributed by atoms with E-state index >= 15 is 0 Å². The topological polar surface area (TPSA) is 31.4 Å². The van der Waals surface area contributed by atoms with E-state index in [-0.39, 0.29) is 12.1 Å². The monoisotopic (exact) mass is 263 g/mol. The van der Waals surface area contributed by atoms with E-state index in [9.17, 15) is 17.6 Å². The van der Waals surface area contributed by atoms with Crippen LogP contribution in [0, 0.1) is 5.82 Å². The van der Waals surface area contributed by atoms with Gasteiger partial charge in [0.15, 0.2) is 11.5 Å². The molecule has 0 saturated carbocycles. The van der Waals surface area contributed by atoms with E-state index in [2.05, 4.69) is 4.98 Å². The van der Waals surface area contributed by atoms with E-state index in [1.54, 1.807) is 13.8 Å². The smallest absolute Gasteiger partial charge is 0.404 e. The van der Waals surface area contributed by atoms with Crippen molar-refractivity contribution < 1.29 is 26.9 Å². The molecule has 1 aliphatic heterocycles. The molecule has 98 valence electrons. The molecular formula is C10H10BF4NO2. The lowest BCUT2D eigenvalue weighted by Crippen LogP contribution is -2.35. The fourth-order valence-electron chi connectivity index (χ4n) is 1.59. The summed E-state index contributed by atoms with van der Waals surface area (Å²) in [6.45, 7) is 3.81. The highest BCUT2D eigenvalue weighted by molar-refractivity contribution is 6.61. The molecular weight excluding hydrogens is 253 g/mol. The normalized spacial score (nSPS) is 19.3. The highest BCUT2D eigenvalue weighted by Gasteiger charge is 2.41. The van der Waals surface area contributed by atoms with Gasteiger partial charge in [-0.15, -0.1) is 0 Å². The van der Waals surface area contributed by atoms with Gasteiger partial charge >= 0.3 is 13.3 Å². The van der Waals surface area contributed by atoms with E-state index in [1.807, 2.05) is 0 Å². The van der Waals surface area contributed by atoms with Gasteiger partial charge < -0.3 is 9.31 Å². The summed E-state index contributed by atoms with van der Waals surface area (Å²) >= 11 is 0. The van der Waals surface area contributed by atoms with Gasteiger partial charge in [-0.25, -0.2) is 9.37 Å². The van der Waals surface area contributed by atoms with Gasteiger partial charge in [-0.05, 0) is 19.9 Å². The molecule has 2 heterocycles. The van der Waals surface area contributed by atoms with Crippen LogP contribution in [-0.4, -0.2) is 24.3 Å². The molecule has 1 fully saturated rings. The Labute approximate surface area is 101 Å². The highest BCUT2D eigenvalue weighted by atomic mass is 19.4. The Morgan fingerprint density at radius 3 is 2.50 bits per heavy atom. The van der Waals surface area contributed by atoms with E-state index < -0.39 is 30.4 Å². The maximum Gasteiger partial charge on any atom is 0.496 e. The molecule has 0 N–H and O–H groups in total. The lowest BCUT2D eigenvalue weighted by Gasteiger charge is -2.15. The van der Waals surface area contributed by atoms with Gasteiger partial charge in [0, 0.05) is 11.7 Å². The second-order valence-electron chi connectivity index (χ2n) is 4.62. The summed E-state index contributed by atoms with van der Waals surface area (Å²) in [6, 6.07) is 0.738. The average Bonchev–Trinajstić information content (AvgIpc) is 2.56. The molecule has 2 rings (SSSR count). The quantitative estimate of drug-likeness (QED) is 0.571. The molecule has 1 aromatic heterocycles. The minimum absolute atomic E-state index is 0.131. The first-order chi connectivity index (χ1) is 8.19. The van der Waals surface area contributed by atoms with Crippen LogP contribution in [0.5, 0.6) is 0 Å². The summed E-state index contributed by atoms with van der Waals surface area (Å²) in [5, 5.41) is 0. The summed E-state index contributed by atoms with van der Waals surface area (Å²) in [6.07, 6.45) is -3.89. The van der Waals surface area contributed by atoms with Gasteiger partial charge in [0.2, 0.25) is 0 Å². The lowest BCUT2D eigenvalue weighted by molar-refractivity contribution is -0.143. The number of halogens is 4. The number of hydrogen-bond acceptors (Lipinski definition) is 3. The predicted molar refractivity (Wildman–Crippen MR) is 55.7 cm³/mol. The first-order valence-corrected chi connectivity index (χ1v) is 5.21. The summed E-state index contributed by atoms with van der Waals surface area (Å²) in [7, 11) is -0.885. The van der Waals surface area contributed by atoms with Crippen molar-refractivity contribution in [2.24, 2.45) is 0 Å². The first kappa shape index (κ1) is 13.3. The predicted octanol–water partition coefficient (Wildman–Crippen LogP) is 1.76. The van der Waals surface area contributed by atoms with E-state index in [0.29, 0.717) is 0 Å². The van der Waals surface area contributed by atoms with Gasteiger partial charge in [-0.1, -0.05) is 0 Å². The third-order valence-electron chi connectivity index (χ3n) is 2.41. The van der Waals surface area contributed by atoms with Gasteiger partial charge in [0.25, 0.3) is 0 Å². The third kappa shape index (κ3) is 2.64. The molecule has 0 bridgehead atoms. The summed E-state index contributed by atoms with van der Waals surface area (Å²) in [5.41, 5.74) is -1.96. The fraction of sp³-hybridized carbons (Fsp3) is 0.500. The number of rotatable bonds is 1. The summed E-state index contributed by atoms with van der Waals surface area (Å²) < 4.78 is 60.9. The van der Waals surface area contributed by atoms with Crippen LogP contribution in [0.25, 0.3) is 0 Å². The van der Waals surface area contributed by atoms with Crippen molar-refractivity contribution in [1.82, 2.24) is 4.98 Å². The minimum atomic E-state index is -4.81. The van der Waals surface area contributed by atoms with Crippen LogP contribution in [0.3, 0.4) is 0 Å². The molecule has 1 aromatic rings. The SMILES string of the molecule is CC1(C)COB(c2cnc(C(F)(F)F)c(F)c2)O1. The Kier molecular flexibility index (Phi) is 3.10. The van der Waals surface area contributed by atoms with Crippen LogP contribution in [-0.2, 0) is 15.5 Å². The van der Waals surface area contributed by atoms with Crippen molar-refractivity contribution in [3.8, 4) is 0 Å². The maximum atomic E-state index is 13.3. The van der Waals surface area contributed by atoms with Crippen molar-refractivity contribution in [3.63, 3.8) is 0 Å². The number of aromatic nitrogens is 1. The molecule has 8 heteroatoms. The van der Waals surface area contributed by atoms with E-state index in [1.165, 1.54) is 0 Å². The zero-order valence-corrected chi connectivity index (χ0v) is 9.71. The Bertz CT molecular complexity index is 464. The minimum Gasteiger partial charge on any atom is -0.404 e. The highest BCUT2D eigenvalue weighted by Crippen LogP contribution is 2.29. The fourth-order valence-corrected chi connectivity index (χ4v) is 1.59. The second-order valence-corrected chi connectivity index (χ2v) is 4.62. The zero-order valence-electron chi connectivity index (χ0n) is 9.71. The molecule has 1 saturated heterocycles. The van der Waals surface area contributed by atoms with E-state index in [0.717, 1.165) is 12.3 Å². The van der Waals surface area contributed by atoms with Gasteiger partial charge in [-0.3, -0.25) is 0 Å². The van der Waals surface area contributed by atoms with Gasteiger partial charge in [0.1, 0.15) is 0 Å². The maximum absolute atomic E-state index is 13.3. The number of hydrogen-bond donors (Lipinski definition) is 0. The molecule has 0 atom stereocenters. The van der Waals surface area contributed by atoms with Crippen molar-refractivity contribution in [1.29, 1.82) is 0 Å². The molecule has 0 amide bonds. The number of alkyl halides is 3. The van der Waals surface area contributed by atoms with Gasteiger partial charge in [-0.2, -0.15) is 13.2 Å². The van der Waals surface area contributed by atoms with Crippen LogP contribution < -0.4 is 5.46 Å². The van der Waals surface area contributed by atoms with Gasteiger partial charge in [0.05, 0.1) is 12.2 Å². The van der Waals surface area contributed by atoms with Crippen LogP contribution >= 0.6 is 0 Å². The van der Waals surface area contributed by atoms with Crippen molar-refractivity contribution >= 4 is 12.6 Å². The van der Waals surface area contributed by atoms with Crippen LogP contribution in [0.15, 0.2) is 12.3 Å². The second kappa shape index (κ2) is 4.20. The van der Waals surface area contributed by atoms with Crippen LogP contribution in [0.1, 0.15) is 19.5 Å². The molecule has 1 aliphatic rings. The Morgan fingerprint density at radius 1 is 1.39 bits per heavy atom. The largest absolute Gasteiger partial charge is 0.496 e. The number of pyridine rings is 1. The molecule has 0 aliphatic carbocycles. The van der Waals surface area contributed by atoms with Crippen LogP contribution in [0.2, 0.25) is 0 Å². The molecule has 18 heavy (non-hydrogen) atoms. The lowest BCUT2D eigenvalue weighted by atomic mass is 9.80. The molecule has 0 spiro atoms. The summed E-state index contributed by atoms with van der Waals surface area (Å²) in [5.74, 6) is -1.43. The summed E-state index contributed by atoms with van der Waals surface area (Å²) in [4.78, 5) is 3.08. The molecule has 3 nitrogen and oxygen atoms in total. The van der Waals surface area contributed by atoms with E-state index in [4.69, 9.17) is 9.31 Å². The zero-order chi connectivity index (χ0) is 13.6. The molecule has 0 radical (unpaired) electrons. The number of nitrogens with zero attached hydrogens (tertiary/aromatic N) is 1. The Hall–Kier alpha value is -1.15. The first-order valence-electron chi connectivity index (χ1n) is 5.21. The van der Waals surface area contributed by atoms with Crippen molar-refractivity contribution in [2.45, 2.75) is 25.6 Å². The standard InChI is InChI=1S/C10H10BF4NO2/c1-9(2)5-17-11(18-9)6-3-7(12)8(16-4-6)10(13,14)15/h3-4H,5H2,1-2H3. The molecule has 0 unspecified atom stereocenters. The van der Waals surface area contributed by atoms with Crippen LogP contribution in [0.4, 0.5) is 17.6 Å². The van der Waals surface area contributed by atoms with Crippen molar-refractivity contribution in [3.05, 3.63) is 23.8 Å². The Morgan fingerprint density at radius 2 is 2.06 bits per heavy atom. The molecule has 0 aromatic carbocycles. The van der Waals surface area contributed by atoms with Crippen molar-refractivity contribution in [2.75, 3.05) is 6.61 Å². The third-order valence-corrected chi connectivity index (χ3v) is 2.41. The average molecular weight is 263 g/mol.